The Balaban J connectivity index is 2.48. The van der Waals surface area contributed by atoms with Crippen molar-refractivity contribution in [1.82, 2.24) is 4.98 Å². The van der Waals surface area contributed by atoms with Gasteiger partial charge in [0.05, 0.1) is 0 Å². The van der Waals surface area contributed by atoms with E-state index in [0.717, 1.165) is 5.56 Å². The summed E-state index contributed by atoms with van der Waals surface area (Å²) in [5.74, 6) is 0.517. The number of hydrogen-bond donors (Lipinski definition) is 0. The van der Waals surface area contributed by atoms with Crippen LogP contribution in [0.2, 0.25) is 0 Å². The molecule has 0 N–H and O–H groups in total. The van der Waals surface area contributed by atoms with Crippen LogP contribution in [-0.2, 0) is 4.74 Å². The summed E-state index contributed by atoms with van der Waals surface area (Å²) in [7, 11) is 1.56. The van der Waals surface area contributed by atoms with E-state index in [0.29, 0.717) is 11.4 Å². The van der Waals surface area contributed by atoms with Crippen molar-refractivity contribution in [2.24, 2.45) is 0 Å². The lowest BCUT2D eigenvalue weighted by Crippen LogP contribution is -2.16. The van der Waals surface area contributed by atoms with Crippen molar-refractivity contribution in [3.63, 3.8) is 0 Å². The first-order valence-corrected chi connectivity index (χ1v) is 4.92. The number of nitriles is 1. The number of pyridine rings is 1. The average molecular weight is 255 g/mol. The van der Waals surface area contributed by atoms with E-state index in [4.69, 9.17) is 14.7 Å². The summed E-state index contributed by atoms with van der Waals surface area (Å²) < 4.78 is 10.5. The lowest BCUT2D eigenvalue weighted by atomic mass is 10.2. The van der Waals surface area contributed by atoms with E-state index in [1.54, 1.807) is 13.3 Å². The quantitative estimate of drug-likeness (QED) is 0.717. The van der Waals surface area contributed by atoms with Gasteiger partial charge in [0, 0.05) is 18.9 Å². The van der Waals surface area contributed by atoms with E-state index >= 15 is 0 Å². The van der Waals surface area contributed by atoms with Crippen LogP contribution in [-0.4, -0.2) is 18.4 Å². The van der Waals surface area contributed by atoms with Crippen LogP contribution in [0.1, 0.15) is 16.1 Å². The van der Waals surface area contributed by atoms with Gasteiger partial charge in [0.25, 0.3) is 0 Å². The van der Waals surface area contributed by atoms with Crippen molar-refractivity contribution in [1.29, 1.82) is 5.26 Å². The molecule has 1 aromatic heterocycles. The Morgan fingerprint density at radius 2 is 2.50 bits per heavy atom. The largest absolute Gasteiger partial charge is 0.460 e. The summed E-state index contributed by atoms with van der Waals surface area (Å²) in [6, 6.07) is 3.79. The second kappa shape index (κ2) is 3.56. The third kappa shape index (κ3) is 1.27. The molecule has 1 aliphatic rings. The maximum Gasteiger partial charge on any atom is 0.216 e. The van der Waals surface area contributed by atoms with Crippen LogP contribution in [0.5, 0.6) is 5.75 Å². The van der Waals surface area contributed by atoms with Gasteiger partial charge in [-0.05, 0) is 6.07 Å². The summed E-state index contributed by atoms with van der Waals surface area (Å²) in [5.41, 5.74) is 1.20. The SMILES string of the molecule is CO[C@@H]1Oc2c(ccnc2C#N)[C@H]1Br. The topological polar surface area (TPSA) is 55.1 Å². The van der Waals surface area contributed by atoms with Gasteiger partial charge in [-0.3, -0.25) is 0 Å². The fourth-order valence-electron chi connectivity index (χ4n) is 1.37. The lowest BCUT2D eigenvalue weighted by Gasteiger charge is -2.10. The van der Waals surface area contributed by atoms with Gasteiger partial charge in [0.15, 0.2) is 11.4 Å². The number of methoxy groups -OCH3 is 1. The number of aromatic nitrogens is 1. The molecule has 0 bridgehead atoms. The minimum absolute atomic E-state index is 0.0439. The predicted molar refractivity (Wildman–Crippen MR) is 52.0 cm³/mol. The molecular weight excluding hydrogens is 248 g/mol. The van der Waals surface area contributed by atoms with Crippen LogP contribution in [0.3, 0.4) is 0 Å². The molecule has 0 saturated heterocycles. The first-order valence-electron chi connectivity index (χ1n) is 4.00. The molecule has 1 aliphatic heterocycles. The highest BCUT2D eigenvalue weighted by Gasteiger charge is 2.34. The number of hydrogen-bond acceptors (Lipinski definition) is 4. The summed E-state index contributed by atoms with van der Waals surface area (Å²) >= 11 is 3.44. The molecule has 0 radical (unpaired) electrons. The van der Waals surface area contributed by atoms with Gasteiger partial charge in [0.2, 0.25) is 6.29 Å². The third-order valence-electron chi connectivity index (χ3n) is 2.04. The number of alkyl halides is 1. The molecule has 2 atom stereocenters. The maximum atomic E-state index is 8.80. The standard InChI is InChI=1S/C9H7BrN2O2/c1-13-9-7(10)5-2-3-12-6(4-11)8(5)14-9/h2-3,7,9H,1H3/t7-,9-/m1/s1. The van der Waals surface area contributed by atoms with E-state index in [1.165, 1.54) is 0 Å². The molecule has 2 heterocycles. The van der Waals surface area contributed by atoms with E-state index in [9.17, 15) is 0 Å². The fourth-order valence-corrected chi connectivity index (χ4v) is 2.06. The smallest absolute Gasteiger partial charge is 0.216 e. The molecule has 0 aliphatic carbocycles. The van der Waals surface area contributed by atoms with Crippen LogP contribution in [0.15, 0.2) is 12.3 Å². The highest BCUT2D eigenvalue weighted by atomic mass is 79.9. The first-order chi connectivity index (χ1) is 6.77. The molecular formula is C9H7BrN2O2. The minimum Gasteiger partial charge on any atom is -0.460 e. The van der Waals surface area contributed by atoms with Crippen LogP contribution < -0.4 is 4.74 Å². The van der Waals surface area contributed by atoms with Gasteiger partial charge < -0.3 is 9.47 Å². The Kier molecular flexibility index (Phi) is 2.40. The van der Waals surface area contributed by atoms with E-state index in [1.807, 2.05) is 12.1 Å². The molecule has 14 heavy (non-hydrogen) atoms. The van der Waals surface area contributed by atoms with Crippen LogP contribution in [0.25, 0.3) is 0 Å². The van der Waals surface area contributed by atoms with Gasteiger partial charge >= 0.3 is 0 Å². The molecule has 1 aromatic rings. The molecule has 4 nitrogen and oxygen atoms in total. The Hall–Kier alpha value is -1.12. The Morgan fingerprint density at radius 3 is 3.14 bits per heavy atom. The summed E-state index contributed by atoms with van der Waals surface area (Å²) in [5, 5.41) is 8.80. The van der Waals surface area contributed by atoms with Crippen molar-refractivity contribution < 1.29 is 9.47 Å². The number of nitrogens with zero attached hydrogens (tertiary/aromatic N) is 2. The van der Waals surface area contributed by atoms with Gasteiger partial charge in [-0.1, -0.05) is 15.9 Å². The van der Waals surface area contributed by atoms with E-state index in [2.05, 4.69) is 20.9 Å². The van der Waals surface area contributed by atoms with Crippen LogP contribution in [0.4, 0.5) is 0 Å². The highest BCUT2D eigenvalue weighted by molar-refractivity contribution is 9.09. The molecule has 0 unspecified atom stereocenters. The molecule has 72 valence electrons. The number of ether oxygens (including phenoxy) is 2. The average Bonchev–Trinajstić information content (AvgIpc) is 2.55. The predicted octanol–water partition coefficient (Wildman–Crippen LogP) is 1.75. The highest BCUT2D eigenvalue weighted by Crippen LogP contribution is 2.43. The zero-order valence-corrected chi connectivity index (χ0v) is 8.98. The number of rotatable bonds is 1. The summed E-state index contributed by atoms with van der Waals surface area (Å²) in [4.78, 5) is 3.87. The fraction of sp³-hybridized carbons (Fsp3) is 0.333. The van der Waals surface area contributed by atoms with E-state index < -0.39 is 0 Å². The van der Waals surface area contributed by atoms with Crippen molar-refractivity contribution in [3.8, 4) is 11.8 Å². The van der Waals surface area contributed by atoms with Crippen molar-refractivity contribution in [3.05, 3.63) is 23.5 Å². The molecule has 0 amide bonds. The second-order valence-corrected chi connectivity index (χ2v) is 3.80. The number of halogens is 1. The third-order valence-corrected chi connectivity index (χ3v) is 2.97. The monoisotopic (exact) mass is 254 g/mol. The Labute approximate surface area is 89.6 Å². The van der Waals surface area contributed by atoms with Crippen molar-refractivity contribution in [2.45, 2.75) is 11.1 Å². The molecule has 2 rings (SSSR count). The molecule has 0 aromatic carbocycles. The lowest BCUT2D eigenvalue weighted by molar-refractivity contribution is -0.0377. The van der Waals surface area contributed by atoms with Gasteiger partial charge in [-0.2, -0.15) is 5.26 Å². The molecule has 0 fully saturated rings. The minimum atomic E-state index is -0.388. The molecule has 0 saturated carbocycles. The van der Waals surface area contributed by atoms with E-state index in [-0.39, 0.29) is 11.1 Å². The van der Waals surface area contributed by atoms with Gasteiger partial charge in [-0.15, -0.1) is 0 Å². The van der Waals surface area contributed by atoms with Crippen LogP contribution >= 0.6 is 15.9 Å². The second-order valence-electron chi connectivity index (χ2n) is 2.81. The van der Waals surface area contributed by atoms with Crippen LogP contribution in [0, 0.1) is 11.3 Å². The van der Waals surface area contributed by atoms with Gasteiger partial charge in [0.1, 0.15) is 10.9 Å². The van der Waals surface area contributed by atoms with Gasteiger partial charge in [-0.25, -0.2) is 4.98 Å². The molecule has 5 heteroatoms. The normalized spacial score (nSPS) is 23.8. The van der Waals surface area contributed by atoms with Crippen molar-refractivity contribution >= 4 is 15.9 Å². The Bertz CT molecular complexity index is 402. The Morgan fingerprint density at radius 1 is 1.71 bits per heavy atom. The number of fused-ring (bicyclic) bond motifs is 1. The maximum absolute atomic E-state index is 8.80. The zero-order chi connectivity index (χ0) is 10.1. The zero-order valence-electron chi connectivity index (χ0n) is 7.40. The first kappa shape index (κ1) is 9.44. The molecule has 0 spiro atoms. The summed E-state index contributed by atoms with van der Waals surface area (Å²) in [6.45, 7) is 0. The van der Waals surface area contributed by atoms with Crippen molar-refractivity contribution in [2.75, 3.05) is 7.11 Å². The summed E-state index contributed by atoms with van der Waals surface area (Å²) in [6.07, 6.45) is 1.20.